The van der Waals surface area contributed by atoms with Crippen molar-refractivity contribution in [3.8, 4) is 0 Å². The minimum Gasteiger partial charge on any atom is -0.481 e. The van der Waals surface area contributed by atoms with Crippen molar-refractivity contribution in [2.45, 2.75) is 12.2 Å². The zero-order valence-electron chi connectivity index (χ0n) is 9.35. The van der Waals surface area contributed by atoms with Gasteiger partial charge >= 0.3 is 23.9 Å². The van der Waals surface area contributed by atoms with Crippen LogP contribution in [0.5, 0.6) is 0 Å². The maximum Gasteiger partial charge on any atom is 0.333 e. The normalized spacial score (nSPS) is 25.9. The van der Waals surface area contributed by atoms with E-state index in [9.17, 15) is 19.2 Å². The molecule has 0 aromatic carbocycles. The molecule has 0 amide bonds. The van der Waals surface area contributed by atoms with Gasteiger partial charge in [-0.25, -0.2) is 9.59 Å². The number of hydrogen-bond donors (Lipinski definition) is 4. The van der Waals surface area contributed by atoms with Crippen molar-refractivity contribution >= 4 is 23.9 Å². The molecule has 4 atom stereocenters. The van der Waals surface area contributed by atoms with E-state index >= 15 is 0 Å². The van der Waals surface area contributed by atoms with Crippen LogP contribution >= 0.6 is 0 Å². The molecule has 4 N–H and O–H groups in total. The van der Waals surface area contributed by atoms with Gasteiger partial charge < -0.3 is 25.2 Å². The number of rotatable bonds is 4. The largest absolute Gasteiger partial charge is 0.481 e. The standard InChI is InChI=1S/C8H8O9.4Ag/c9-5(10)1-2(6(11)12)4(8(15)16)17-3(1)7(13)14;;;;/h1-4H,(H,9,10)(H,11,12)(H,13,14)(H,15,16);;;;. The average Bonchev–Trinajstić information content (AvgIpc) is 2.56. The second-order valence-corrected chi connectivity index (χ2v) is 3.38. The summed E-state index contributed by atoms with van der Waals surface area (Å²) >= 11 is 0. The number of hydrogen-bond acceptors (Lipinski definition) is 5. The van der Waals surface area contributed by atoms with Gasteiger partial charge in [-0.05, 0) is 0 Å². The van der Waals surface area contributed by atoms with Gasteiger partial charge in [0, 0.05) is 89.5 Å². The smallest absolute Gasteiger partial charge is 0.333 e. The van der Waals surface area contributed by atoms with Crippen LogP contribution in [0.2, 0.25) is 0 Å². The van der Waals surface area contributed by atoms with Gasteiger partial charge in [0.2, 0.25) is 0 Å². The van der Waals surface area contributed by atoms with Crippen molar-refractivity contribution in [1.82, 2.24) is 0 Å². The Bertz CT molecular complexity index is 365. The van der Waals surface area contributed by atoms with E-state index in [-0.39, 0.29) is 89.5 Å². The van der Waals surface area contributed by atoms with Crippen molar-refractivity contribution < 1.29 is 134 Å². The van der Waals surface area contributed by atoms with Gasteiger partial charge in [0.25, 0.3) is 0 Å². The van der Waals surface area contributed by atoms with E-state index in [0.29, 0.717) is 0 Å². The molecule has 0 aliphatic carbocycles. The van der Waals surface area contributed by atoms with E-state index in [1.165, 1.54) is 0 Å². The van der Waals surface area contributed by atoms with Crippen LogP contribution in [0, 0.1) is 11.8 Å². The van der Waals surface area contributed by atoms with Crippen molar-refractivity contribution in [1.29, 1.82) is 0 Å². The SMILES string of the molecule is O=C(O)C1OC(C(=O)O)C(C(=O)O)C1C(=O)O.[Ag].[Ag].[Ag].[Ag]. The molecule has 0 bridgehead atoms. The fourth-order valence-corrected chi connectivity index (χ4v) is 1.69. The van der Waals surface area contributed by atoms with Crippen LogP contribution in [0.1, 0.15) is 0 Å². The van der Waals surface area contributed by atoms with Crippen molar-refractivity contribution in [3.05, 3.63) is 0 Å². The van der Waals surface area contributed by atoms with Crippen LogP contribution in [-0.4, -0.2) is 56.5 Å². The molecule has 1 saturated heterocycles. The number of carbonyl (C=O) groups is 4. The molecule has 21 heavy (non-hydrogen) atoms. The Morgan fingerprint density at radius 2 is 0.810 bits per heavy atom. The first kappa shape index (κ1) is 29.8. The summed E-state index contributed by atoms with van der Waals surface area (Å²) in [6.07, 6.45) is -3.98. The second-order valence-electron chi connectivity index (χ2n) is 3.38. The quantitative estimate of drug-likeness (QED) is 0.255. The molecule has 9 nitrogen and oxygen atoms in total. The van der Waals surface area contributed by atoms with E-state index in [1.807, 2.05) is 0 Å². The Morgan fingerprint density at radius 1 is 0.571 bits per heavy atom. The van der Waals surface area contributed by atoms with Crippen LogP contribution in [0.3, 0.4) is 0 Å². The summed E-state index contributed by atoms with van der Waals surface area (Å²) in [6, 6.07) is 0. The van der Waals surface area contributed by atoms with Crippen LogP contribution in [0.15, 0.2) is 0 Å². The minimum atomic E-state index is -1.99. The summed E-state index contributed by atoms with van der Waals surface area (Å²) in [6.45, 7) is 0. The van der Waals surface area contributed by atoms with Gasteiger partial charge in [-0.15, -0.1) is 0 Å². The predicted octanol–water partition coefficient (Wildman–Crippen LogP) is -1.69. The topological polar surface area (TPSA) is 158 Å². The molecule has 1 aliphatic rings. The molecular weight excluding hydrogens is 672 g/mol. The van der Waals surface area contributed by atoms with Crippen LogP contribution < -0.4 is 0 Å². The first-order valence-corrected chi connectivity index (χ1v) is 4.34. The maximum atomic E-state index is 10.8. The molecule has 13 heteroatoms. The number of aliphatic carboxylic acids is 4. The third-order valence-electron chi connectivity index (χ3n) is 2.39. The first-order valence-electron chi connectivity index (χ1n) is 4.34. The summed E-state index contributed by atoms with van der Waals surface area (Å²) in [5.41, 5.74) is 0. The Kier molecular flexibility index (Phi) is 17.4. The Labute approximate surface area is 180 Å². The second kappa shape index (κ2) is 12.3. The summed E-state index contributed by atoms with van der Waals surface area (Å²) in [5.74, 6) is -10.8. The van der Waals surface area contributed by atoms with Crippen molar-refractivity contribution in [2.75, 3.05) is 0 Å². The molecule has 1 aliphatic heterocycles. The molecule has 1 rings (SSSR count). The maximum absolute atomic E-state index is 10.8. The van der Waals surface area contributed by atoms with Crippen LogP contribution in [0.4, 0.5) is 0 Å². The number of carboxylic acids is 4. The average molecular weight is 680 g/mol. The van der Waals surface area contributed by atoms with E-state index in [2.05, 4.69) is 4.74 Å². The van der Waals surface area contributed by atoms with Crippen molar-refractivity contribution in [3.63, 3.8) is 0 Å². The summed E-state index contributed by atoms with van der Waals surface area (Å²) < 4.78 is 4.47. The summed E-state index contributed by atoms with van der Waals surface area (Å²) in [7, 11) is 0. The molecule has 0 aromatic heterocycles. The predicted molar refractivity (Wildman–Crippen MR) is 46.2 cm³/mol. The molecule has 0 aromatic rings. The zero-order valence-corrected chi connectivity index (χ0v) is 15.3. The third kappa shape index (κ3) is 6.83. The summed E-state index contributed by atoms with van der Waals surface area (Å²) in [5, 5.41) is 34.8. The molecule has 0 saturated carbocycles. The Hall–Kier alpha value is 0.801. The third-order valence-corrected chi connectivity index (χ3v) is 2.39. The fourth-order valence-electron chi connectivity index (χ4n) is 1.69. The zero-order chi connectivity index (χ0) is 13.3. The Balaban J connectivity index is -0.000000361. The first-order chi connectivity index (χ1) is 7.77. The van der Waals surface area contributed by atoms with E-state index in [0.717, 1.165) is 0 Å². The van der Waals surface area contributed by atoms with Crippen molar-refractivity contribution in [2.24, 2.45) is 11.8 Å². The number of ether oxygens (including phenoxy) is 1. The van der Waals surface area contributed by atoms with E-state index in [1.54, 1.807) is 0 Å². The molecule has 1 fully saturated rings. The molecule has 138 valence electrons. The molecule has 1 heterocycles. The van der Waals surface area contributed by atoms with Gasteiger partial charge in [0.15, 0.2) is 12.2 Å². The molecular formula is C8H8Ag4O9. The van der Waals surface area contributed by atoms with E-state index < -0.39 is 47.9 Å². The van der Waals surface area contributed by atoms with Gasteiger partial charge in [-0.2, -0.15) is 0 Å². The van der Waals surface area contributed by atoms with Crippen LogP contribution in [0.25, 0.3) is 0 Å². The monoisotopic (exact) mass is 676 g/mol. The van der Waals surface area contributed by atoms with Gasteiger partial charge in [0.05, 0.1) is 0 Å². The molecule has 0 spiro atoms. The minimum absolute atomic E-state index is 0. The molecule has 4 radical (unpaired) electrons. The Morgan fingerprint density at radius 3 is 0.952 bits per heavy atom. The van der Waals surface area contributed by atoms with Crippen LogP contribution in [-0.2, 0) is 113 Å². The number of carboxylic acid groups (broad SMARTS) is 4. The van der Waals surface area contributed by atoms with Gasteiger partial charge in [-0.3, -0.25) is 9.59 Å². The van der Waals surface area contributed by atoms with E-state index in [4.69, 9.17) is 20.4 Å². The fraction of sp³-hybridized carbons (Fsp3) is 0.500. The summed E-state index contributed by atoms with van der Waals surface area (Å²) in [4.78, 5) is 43.0. The molecule has 4 unspecified atom stereocenters. The van der Waals surface area contributed by atoms with Gasteiger partial charge in [0.1, 0.15) is 11.8 Å². The van der Waals surface area contributed by atoms with Gasteiger partial charge in [-0.1, -0.05) is 0 Å².